The highest BCUT2D eigenvalue weighted by Crippen LogP contribution is 2.17. The van der Waals surface area contributed by atoms with Crippen LogP contribution in [0.2, 0.25) is 0 Å². The van der Waals surface area contributed by atoms with E-state index in [1.807, 2.05) is 53.0 Å². The molecule has 2 aromatic rings. The third-order valence-electron chi connectivity index (χ3n) is 2.97. The Morgan fingerprint density at radius 1 is 1.30 bits per heavy atom. The van der Waals surface area contributed by atoms with Crippen LogP contribution < -0.4 is 10.2 Å². The summed E-state index contributed by atoms with van der Waals surface area (Å²) in [5.74, 6) is -0.0140. The van der Waals surface area contributed by atoms with E-state index in [4.69, 9.17) is 5.11 Å². The molecule has 5 heteroatoms. The largest absolute Gasteiger partial charge is 0.395 e. The molecule has 0 spiro atoms. The number of likely N-dealkylation sites (N-methyl/N-ethyl adjacent to an activating group) is 1. The minimum absolute atomic E-state index is 0.0140. The Morgan fingerprint density at radius 3 is 2.65 bits per heavy atom. The van der Waals surface area contributed by atoms with E-state index < -0.39 is 0 Å². The van der Waals surface area contributed by atoms with E-state index in [9.17, 15) is 4.79 Å². The molecule has 0 aliphatic rings. The van der Waals surface area contributed by atoms with Gasteiger partial charge in [-0.05, 0) is 46.7 Å². The predicted molar refractivity (Wildman–Crippen MR) is 83.5 cm³/mol. The first kappa shape index (κ1) is 14.6. The van der Waals surface area contributed by atoms with E-state index in [1.54, 1.807) is 11.3 Å². The molecule has 106 valence electrons. The average molecular weight is 290 g/mol. The van der Waals surface area contributed by atoms with Gasteiger partial charge >= 0.3 is 0 Å². The Labute approximate surface area is 122 Å². The Kier molecular flexibility index (Phi) is 5.15. The lowest BCUT2D eigenvalue weighted by atomic mass is 10.2. The van der Waals surface area contributed by atoms with Crippen molar-refractivity contribution in [2.45, 2.75) is 6.42 Å². The van der Waals surface area contributed by atoms with Gasteiger partial charge in [-0.15, -0.1) is 0 Å². The number of hydrogen-bond donors (Lipinski definition) is 2. The summed E-state index contributed by atoms with van der Waals surface area (Å²) in [6.45, 7) is 0.708. The standard InChI is InChI=1S/C15H18N2O2S/c1-17(7-8-18)14-4-2-13(3-5-14)16-15(19)10-12-6-9-20-11-12/h2-6,9,11,18H,7-8,10H2,1H3,(H,16,19). The summed E-state index contributed by atoms with van der Waals surface area (Å²) in [6.07, 6.45) is 0.398. The number of carbonyl (C=O) groups is 1. The minimum Gasteiger partial charge on any atom is -0.395 e. The minimum atomic E-state index is -0.0140. The summed E-state index contributed by atoms with van der Waals surface area (Å²) >= 11 is 1.59. The topological polar surface area (TPSA) is 52.6 Å². The Bertz CT molecular complexity index is 538. The second kappa shape index (κ2) is 7.07. The van der Waals surface area contributed by atoms with Crippen molar-refractivity contribution in [2.24, 2.45) is 0 Å². The second-order valence-electron chi connectivity index (χ2n) is 4.55. The Balaban J connectivity index is 1.91. The van der Waals surface area contributed by atoms with Crippen LogP contribution in [0.3, 0.4) is 0 Å². The molecule has 0 aliphatic carbocycles. The number of aliphatic hydroxyl groups is 1. The zero-order valence-electron chi connectivity index (χ0n) is 11.4. The second-order valence-corrected chi connectivity index (χ2v) is 5.33. The molecule has 0 aliphatic heterocycles. The van der Waals surface area contributed by atoms with Crippen LogP contribution in [0, 0.1) is 0 Å². The monoisotopic (exact) mass is 290 g/mol. The van der Waals surface area contributed by atoms with Crippen molar-refractivity contribution in [3.63, 3.8) is 0 Å². The molecule has 1 aromatic heterocycles. The van der Waals surface area contributed by atoms with Crippen molar-refractivity contribution < 1.29 is 9.90 Å². The molecule has 2 N–H and O–H groups in total. The summed E-state index contributed by atoms with van der Waals surface area (Å²) < 4.78 is 0. The third kappa shape index (κ3) is 4.08. The van der Waals surface area contributed by atoms with E-state index in [-0.39, 0.29) is 12.5 Å². The number of anilines is 2. The predicted octanol–water partition coefficient (Wildman–Crippen LogP) is 2.36. The molecule has 2 rings (SSSR count). The van der Waals surface area contributed by atoms with E-state index in [2.05, 4.69) is 5.32 Å². The van der Waals surface area contributed by atoms with Crippen molar-refractivity contribution in [1.29, 1.82) is 0 Å². The molecule has 0 saturated carbocycles. The fourth-order valence-electron chi connectivity index (χ4n) is 1.86. The number of nitrogens with one attached hydrogen (secondary N) is 1. The number of nitrogens with zero attached hydrogens (tertiary/aromatic N) is 1. The van der Waals surface area contributed by atoms with Gasteiger partial charge in [0.1, 0.15) is 0 Å². The van der Waals surface area contributed by atoms with Crippen LogP contribution >= 0.6 is 11.3 Å². The summed E-state index contributed by atoms with van der Waals surface area (Å²) in [5.41, 5.74) is 2.83. The van der Waals surface area contributed by atoms with Gasteiger partial charge in [0.05, 0.1) is 13.0 Å². The Morgan fingerprint density at radius 2 is 2.05 bits per heavy atom. The van der Waals surface area contributed by atoms with Crippen molar-refractivity contribution in [2.75, 3.05) is 30.4 Å². The molecule has 1 aromatic carbocycles. The molecule has 0 saturated heterocycles. The van der Waals surface area contributed by atoms with E-state index in [0.29, 0.717) is 13.0 Å². The summed E-state index contributed by atoms with van der Waals surface area (Å²) in [4.78, 5) is 13.8. The number of carbonyl (C=O) groups excluding carboxylic acids is 1. The zero-order valence-corrected chi connectivity index (χ0v) is 12.2. The third-order valence-corrected chi connectivity index (χ3v) is 3.70. The van der Waals surface area contributed by atoms with Gasteiger partial charge in [0.15, 0.2) is 0 Å². The highest BCUT2D eigenvalue weighted by Gasteiger charge is 2.05. The van der Waals surface area contributed by atoms with Crippen LogP contribution in [0.1, 0.15) is 5.56 Å². The lowest BCUT2D eigenvalue weighted by molar-refractivity contribution is -0.115. The van der Waals surface area contributed by atoms with Crippen molar-refractivity contribution in [3.05, 3.63) is 46.7 Å². The Hall–Kier alpha value is -1.85. The van der Waals surface area contributed by atoms with E-state index >= 15 is 0 Å². The molecule has 20 heavy (non-hydrogen) atoms. The first-order valence-electron chi connectivity index (χ1n) is 6.42. The molecule has 1 heterocycles. The van der Waals surface area contributed by atoms with Crippen LogP contribution in [0.4, 0.5) is 11.4 Å². The molecule has 0 unspecified atom stereocenters. The fraction of sp³-hybridized carbons (Fsp3) is 0.267. The number of rotatable bonds is 6. The lowest BCUT2D eigenvalue weighted by Gasteiger charge is -2.18. The smallest absolute Gasteiger partial charge is 0.228 e. The van der Waals surface area contributed by atoms with Crippen LogP contribution in [0.25, 0.3) is 0 Å². The van der Waals surface area contributed by atoms with Gasteiger partial charge < -0.3 is 15.3 Å². The van der Waals surface area contributed by atoms with Crippen LogP contribution in [-0.4, -0.2) is 31.2 Å². The summed E-state index contributed by atoms with van der Waals surface area (Å²) in [6, 6.07) is 9.55. The van der Waals surface area contributed by atoms with Crippen LogP contribution in [0.15, 0.2) is 41.1 Å². The SMILES string of the molecule is CN(CCO)c1ccc(NC(=O)Cc2ccsc2)cc1. The van der Waals surface area contributed by atoms with Gasteiger partial charge in [-0.1, -0.05) is 0 Å². The first-order chi connectivity index (χ1) is 9.69. The molecule has 0 atom stereocenters. The molecular formula is C15H18N2O2S. The molecular weight excluding hydrogens is 272 g/mol. The van der Waals surface area contributed by atoms with Gasteiger partial charge in [0, 0.05) is 25.0 Å². The maximum absolute atomic E-state index is 11.9. The fourth-order valence-corrected chi connectivity index (χ4v) is 2.53. The number of amides is 1. The molecule has 0 radical (unpaired) electrons. The highest BCUT2D eigenvalue weighted by molar-refractivity contribution is 7.08. The number of benzene rings is 1. The number of thiophene rings is 1. The molecule has 0 bridgehead atoms. The molecule has 4 nitrogen and oxygen atoms in total. The van der Waals surface area contributed by atoms with Gasteiger partial charge in [-0.3, -0.25) is 4.79 Å². The van der Waals surface area contributed by atoms with Crippen molar-refractivity contribution >= 4 is 28.6 Å². The van der Waals surface area contributed by atoms with Gasteiger partial charge in [0.25, 0.3) is 0 Å². The molecule has 1 amide bonds. The first-order valence-corrected chi connectivity index (χ1v) is 7.36. The highest BCUT2D eigenvalue weighted by atomic mass is 32.1. The summed E-state index contributed by atoms with van der Waals surface area (Å²) in [7, 11) is 1.92. The average Bonchev–Trinajstić information content (AvgIpc) is 2.92. The number of aliphatic hydroxyl groups excluding tert-OH is 1. The normalized spacial score (nSPS) is 10.3. The van der Waals surface area contributed by atoms with Gasteiger partial charge in [-0.2, -0.15) is 11.3 Å². The maximum Gasteiger partial charge on any atom is 0.228 e. The lowest BCUT2D eigenvalue weighted by Crippen LogP contribution is -2.21. The van der Waals surface area contributed by atoms with E-state index in [1.165, 1.54) is 0 Å². The quantitative estimate of drug-likeness (QED) is 0.858. The van der Waals surface area contributed by atoms with Crippen LogP contribution in [0.5, 0.6) is 0 Å². The van der Waals surface area contributed by atoms with E-state index in [0.717, 1.165) is 16.9 Å². The van der Waals surface area contributed by atoms with Gasteiger partial charge in [-0.25, -0.2) is 0 Å². The number of hydrogen-bond acceptors (Lipinski definition) is 4. The van der Waals surface area contributed by atoms with Gasteiger partial charge in [0.2, 0.25) is 5.91 Å². The van der Waals surface area contributed by atoms with Crippen LogP contribution in [-0.2, 0) is 11.2 Å². The summed E-state index contributed by atoms with van der Waals surface area (Å²) in [5, 5.41) is 15.7. The maximum atomic E-state index is 11.9. The zero-order chi connectivity index (χ0) is 14.4. The van der Waals surface area contributed by atoms with Crippen molar-refractivity contribution in [3.8, 4) is 0 Å². The van der Waals surface area contributed by atoms with Crippen molar-refractivity contribution in [1.82, 2.24) is 0 Å². The molecule has 0 fully saturated rings.